The van der Waals surface area contributed by atoms with Gasteiger partial charge in [-0.05, 0) is 0 Å². The summed E-state index contributed by atoms with van der Waals surface area (Å²) in [4.78, 5) is 3.91. The van der Waals surface area contributed by atoms with Crippen LogP contribution in [-0.4, -0.2) is 4.98 Å². The molecule has 0 aliphatic carbocycles. The molecular formula is C9H6Cl2N2. The topological polar surface area (TPSA) is 38.9 Å². The molecule has 0 atom stereocenters. The summed E-state index contributed by atoms with van der Waals surface area (Å²) < 4.78 is 0. The van der Waals surface area contributed by atoms with Crippen LogP contribution in [0, 0.1) is 0 Å². The van der Waals surface area contributed by atoms with Gasteiger partial charge in [-0.1, -0.05) is 47.5 Å². The summed E-state index contributed by atoms with van der Waals surface area (Å²) in [5.41, 5.74) is 5.56. The first-order chi connectivity index (χ1) is 6.20. The van der Waals surface area contributed by atoms with Gasteiger partial charge in [-0.3, -0.25) is 0 Å². The maximum atomic E-state index is 5.95. The lowest BCUT2D eigenvalue weighted by Crippen LogP contribution is -1.92. The molecule has 13 heavy (non-hydrogen) atoms. The normalized spacial score (nSPS) is 10.6. The van der Waals surface area contributed by atoms with E-state index in [1.165, 1.54) is 0 Å². The Balaban J connectivity index is 2.97. The highest BCUT2D eigenvalue weighted by atomic mass is 35.5. The van der Waals surface area contributed by atoms with Gasteiger partial charge in [0.05, 0.1) is 5.02 Å². The lowest BCUT2D eigenvalue weighted by atomic mass is 10.2. The Kier molecular flexibility index (Phi) is 2.02. The molecule has 0 saturated heterocycles. The Morgan fingerprint density at radius 2 is 1.69 bits per heavy atom. The summed E-state index contributed by atoms with van der Waals surface area (Å²) in [6.07, 6.45) is 0. The molecule has 0 radical (unpaired) electrons. The lowest BCUT2D eigenvalue weighted by Gasteiger charge is -2.03. The summed E-state index contributed by atoms with van der Waals surface area (Å²) in [7, 11) is 0. The van der Waals surface area contributed by atoms with Crippen molar-refractivity contribution < 1.29 is 0 Å². The first-order valence-corrected chi connectivity index (χ1v) is 4.45. The number of aromatic nitrogens is 1. The molecule has 0 aliphatic rings. The van der Waals surface area contributed by atoms with Crippen LogP contribution in [-0.2, 0) is 0 Å². The number of halogens is 2. The summed E-state index contributed by atoms with van der Waals surface area (Å²) in [5.74, 6) is 0.269. The van der Waals surface area contributed by atoms with Gasteiger partial charge >= 0.3 is 0 Å². The van der Waals surface area contributed by atoms with E-state index in [2.05, 4.69) is 4.98 Å². The minimum Gasteiger partial charge on any atom is -0.382 e. The van der Waals surface area contributed by atoms with Crippen molar-refractivity contribution in [3.63, 3.8) is 0 Å². The molecule has 1 heterocycles. The summed E-state index contributed by atoms with van der Waals surface area (Å²) in [6.45, 7) is 0. The molecule has 0 unspecified atom stereocenters. The van der Waals surface area contributed by atoms with Crippen molar-refractivity contribution in [1.82, 2.24) is 4.98 Å². The third-order valence-corrected chi connectivity index (χ3v) is 2.51. The number of nitrogen functional groups attached to an aromatic ring is 1. The average molecular weight is 213 g/mol. The quantitative estimate of drug-likeness (QED) is 0.682. The van der Waals surface area contributed by atoms with Crippen molar-refractivity contribution in [3.8, 4) is 0 Å². The Bertz CT molecular complexity index is 468. The van der Waals surface area contributed by atoms with Crippen LogP contribution < -0.4 is 5.73 Å². The van der Waals surface area contributed by atoms with Crippen LogP contribution in [0.2, 0.25) is 10.2 Å². The highest BCUT2D eigenvalue weighted by Crippen LogP contribution is 2.31. The third-order valence-electron chi connectivity index (χ3n) is 1.83. The zero-order valence-electron chi connectivity index (χ0n) is 6.59. The van der Waals surface area contributed by atoms with Crippen molar-refractivity contribution >= 4 is 39.8 Å². The molecule has 66 valence electrons. The van der Waals surface area contributed by atoms with E-state index in [9.17, 15) is 0 Å². The SMILES string of the molecule is Nc1nc(Cl)c2ccccc2c1Cl. The molecule has 2 aromatic rings. The summed E-state index contributed by atoms with van der Waals surface area (Å²) in [6, 6.07) is 7.48. The predicted octanol–water partition coefficient (Wildman–Crippen LogP) is 3.12. The van der Waals surface area contributed by atoms with Gasteiger partial charge < -0.3 is 5.73 Å². The van der Waals surface area contributed by atoms with Crippen molar-refractivity contribution in [2.45, 2.75) is 0 Å². The molecule has 0 bridgehead atoms. The second kappa shape index (κ2) is 3.05. The molecular weight excluding hydrogens is 207 g/mol. The first-order valence-electron chi connectivity index (χ1n) is 3.69. The average Bonchev–Trinajstić information content (AvgIpc) is 2.15. The number of nitrogens with two attached hydrogens (primary N) is 1. The first kappa shape index (κ1) is 8.60. The number of pyridine rings is 1. The molecule has 4 heteroatoms. The molecule has 0 spiro atoms. The number of rotatable bonds is 0. The summed E-state index contributed by atoms with van der Waals surface area (Å²) in [5, 5.41) is 2.50. The molecule has 1 aromatic heterocycles. The fraction of sp³-hybridized carbons (Fsp3) is 0. The second-order valence-corrected chi connectivity index (χ2v) is 3.38. The van der Waals surface area contributed by atoms with Gasteiger partial charge in [-0.2, -0.15) is 0 Å². The van der Waals surface area contributed by atoms with Gasteiger partial charge in [-0.15, -0.1) is 0 Å². The van der Waals surface area contributed by atoms with Gasteiger partial charge in [0, 0.05) is 10.8 Å². The maximum Gasteiger partial charge on any atom is 0.144 e. The molecule has 2 nitrogen and oxygen atoms in total. The van der Waals surface area contributed by atoms with Crippen LogP contribution in [0.15, 0.2) is 24.3 Å². The number of nitrogens with zero attached hydrogens (tertiary/aromatic N) is 1. The predicted molar refractivity (Wildman–Crippen MR) is 56.2 cm³/mol. The Hall–Kier alpha value is -0.990. The Morgan fingerprint density at radius 3 is 2.38 bits per heavy atom. The van der Waals surface area contributed by atoms with E-state index in [1.54, 1.807) is 0 Å². The second-order valence-electron chi connectivity index (χ2n) is 2.65. The lowest BCUT2D eigenvalue weighted by molar-refractivity contribution is 1.37. The van der Waals surface area contributed by atoms with Crippen molar-refractivity contribution in [2.24, 2.45) is 0 Å². The Labute approximate surface area is 85.3 Å². The number of anilines is 1. The van der Waals surface area contributed by atoms with E-state index in [0.29, 0.717) is 10.2 Å². The molecule has 2 rings (SSSR count). The van der Waals surface area contributed by atoms with Crippen LogP contribution in [0.25, 0.3) is 10.8 Å². The maximum absolute atomic E-state index is 5.95. The minimum atomic E-state index is 0.269. The molecule has 0 amide bonds. The number of fused-ring (bicyclic) bond motifs is 1. The van der Waals surface area contributed by atoms with E-state index < -0.39 is 0 Å². The van der Waals surface area contributed by atoms with Crippen molar-refractivity contribution in [2.75, 3.05) is 5.73 Å². The largest absolute Gasteiger partial charge is 0.382 e. The van der Waals surface area contributed by atoms with Gasteiger partial charge in [-0.25, -0.2) is 4.98 Å². The molecule has 0 fully saturated rings. The van der Waals surface area contributed by atoms with Crippen LogP contribution in [0.3, 0.4) is 0 Å². The van der Waals surface area contributed by atoms with Gasteiger partial charge in [0.15, 0.2) is 0 Å². The number of hydrogen-bond donors (Lipinski definition) is 1. The van der Waals surface area contributed by atoms with Crippen molar-refractivity contribution in [3.05, 3.63) is 34.4 Å². The molecule has 0 saturated carbocycles. The van der Waals surface area contributed by atoms with E-state index in [0.717, 1.165) is 10.8 Å². The monoisotopic (exact) mass is 212 g/mol. The fourth-order valence-electron chi connectivity index (χ4n) is 1.21. The van der Waals surface area contributed by atoms with Gasteiger partial charge in [0.2, 0.25) is 0 Å². The number of benzene rings is 1. The third kappa shape index (κ3) is 1.32. The van der Waals surface area contributed by atoms with Crippen LogP contribution in [0.5, 0.6) is 0 Å². The zero-order chi connectivity index (χ0) is 9.42. The summed E-state index contributed by atoms with van der Waals surface area (Å²) >= 11 is 11.8. The standard InChI is InChI=1S/C9H6Cl2N2/c10-7-5-3-1-2-4-6(5)8(11)13-9(7)12/h1-4H,(H2,12,13). The zero-order valence-corrected chi connectivity index (χ0v) is 8.10. The number of hydrogen-bond acceptors (Lipinski definition) is 2. The molecule has 2 N–H and O–H groups in total. The van der Waals surface area contributed by atoms with E-state index in [1.807, 2.05) is 24.3 Å². The van der Waals surface area contributed by atoms with Crippen LogP contribution >= 0.6 is 23.2 Å². The van der Waals surface area contributed by atoms with Crippen LogP contribution in [0.1, 0.15) is 0 Å². The Morgan fingerprint density at radius 1 is 1.08 bits per heavy atom. The van der Waals surface area contributed by atoms with E-state index in [4.69, 9.17) is 28.9 Å². The molecule has 0 aliphatic heterocycles. The smallest absolute Gasteiger partial charge is 0.144 e. The van der Waals surface area contributed by atoms with Crippen LogP contribution in [0.4, 0.5) is 5.82 Å². The van der Waals surface area contributed by atoms with Gasteiger partial charge in [0.1, 0.15) is 11.0 Å². The van der Waals surface area contributed by atoms with Gasteiger partial charge in [0.25, 0.3) is 0 Å². The highest BCUT2D eigenvalue weighted by Gasteiger charge is 2.07. The van der Waals surface area contributed by atoms with E-state index >= 15 is 0 Å². The van der Waals surface area contributed by atoms with E-state index in [-0.39, 0.29) is 5.82 Å². The minimum absolute atomic E-state index is 0.269. The fourth-order valence-corrected chi connectivity index (χ4v) is 1.67. The molecule has 1 aromatic carbocycles. The highest BCUT2D eigenvalue weighted by molar-refractivity contribution is 6.41. The van der Waals surface area contributed by atoms with Crippen molar-refractivity contribution in [1.29, 1.82) is 0 Å².